The first-order valence-electron chi connectivity index (χ1n) is 10.5. The van der Waals surface area contributed by atoms with Gasteiger partial charge in [-0.2, -0.15) is 0 Å². The molecule has 0 saturated heterocycles. The molecule has 1 aliphatic heterocycles. The van der Waals surface area contributed by atoms with Crippen LogP contribution in [0.4, 0.5) is 0 Å². The maximum Gasteiger partial charge on any atom is 0.216 e. The van der Waals surface area contributed by atoms with E-state index in [1.165, 1.54) is 53.8 Å². The first kappa shape index (κ1) is 19.4. The minimum atomic E-state index is -2.33. The SMILES string of the molecule is Cc1ccc2c(c1)S[Si](c1ccccc1C)(c1ccccc1C)c1cc(C)ccc1-2. The van der Waals surface area contributed by atoms with E-state index in [1.54, 1.807) is 0 Å². The fourth-order valence-corrected chi connectivity index (χ4v) is 14.2. The van der Waals surface area contributed by atoms with Gasteiger partial charge >= 0.3 is 0 Å². The second-order valence-electron chi connectivity index (χ2n) is 8.46. The molecular formula is C28H26SSi. The van der Waals surface area contributed by atoms with E-state index in [-0.39, 0.29) is 0 Å². The van der Waals surface area contributed by atoms with Gasteiger partial charge in [-0.1, -0.05) is 95.6 Å². The van der Waals surface area contributed by atoms with Crippen LogP contribution in [-0.2, 0) is 0 Å². The van der Waals surface area contributed by atoms with Crippen molar-refractivity contribution in [1.29, 1.82) is 0 Å². The molecule has 1 heterocycles. The van der Waals surface area contributed by atoms with Gasteiger partial charge < -0.3 is 0 Å². The van der Waals surface area contributed by atoms with Gasteiger partial charge in [0.2, 0.25) is 7.22 Å². The summed E-state index contributed by atoms with van der Waals surface area (Å²) in [6.45, 7) is 9.00. The van der Waals surface area contributed by atoms with Crippen molar-refractivity contribution >= 4 is 34.0 Å². The zero-order valence-electron chi connectivity index (χ0n) is 18.0. The molecule has 1 aliphatic rings. The van der Waals surface area contributed by atoms with Gasteiger partial charge in [0, 0.05) is 4.90 Å². The van der Waals surface area contributed by atoms with Gasteiger partial charge in [0.05, 0.1) is 0 Å². The zero-order chi connectivity index (χ0) is 20.9. The molecule has 0 spiro atoms. The van der Waals surface area contributed by atoms with Crippen molar-refractivity contribution in [2.24, 2.45) is 0 Å². The fourth-order valence-electron chi connectivity index (χ4n) is 4.82. The lowest BCUT2D eigenvalue weighted by atomic mass is 10.0. The zero-order valence-corrected chi connectivity index (χ0v) is 19.8. The van der Waals surface area contributed by atoms with Gasteiger partial charge in [-0.25, -0.2) is 0 Å². The van der Waals surface area contributed by atoms with E-state index in [0.717, 1.165) is 0 Å². The maximum absolute atomic E-state index is 2.47. The second-order valence-corrected chi connectivity index (χ2v) is 14.5. The highest BCUT2D eigenvalue weighted by atomic mass is 32.4. The molecule has 0 aliphatic carbocycles. The van der Waals surface area contributed by atoms with Gasteiger partial charge in [-0.15, -0.1) is 11.2 Å². The minimum absolute atomic E-state index is 1.33. The molecule has 4 aromatic carbocycles. The van der Waals surface area contributed by atoms with Crippen LogP contribution in [0.3, 0.4) is 0 Å². The van der Waals surface area contributed by atoms with Crippen LogP contribution in [0.5, 0.6) is 0 Å². The molecule has 4 aromatic rings. The van der Waals surface area contributed by atoms with Crippen molar-refractivity contribution in [2.45, 2.75) is 32.6 Å². The molecule has 2 heteroatoms. The predicted molar refractivity (Wildman–Crippen MR) is 134 cm³/mol. The first-order chi connectivity index (χ1) is 14.5. The van der Waals surface area contributed by atoms with E-state index in [0.29, 0.717) is 0 Å². The molecule has 148 valence electrons. The number of benzene rings is 4. The average molecular weight is 423 g/mol. The van der Waals surface area contributed by atoms with Gasteiger partial charge in [0.1, 0.15) is 0 Å². The van der Waals surface area contributed by atoms with E-state index >= 15 is 0 Å². The highest BCUT2D eigenvalue weighted by Gasteiger charge is 2.47. The minimum Gasteiger partial charge on any atom is -0.133 e. The monoisotopic (exact) mass is 422 g/mol. The van der Waals surface area contributed by atoms with Crippen molar-refractivity contribution in [1.82, 2.24) is 0 Å². The molecule has 0 radical (unpaired) electrons. The molecule has 0 aromatic heterocycles. The van der Waals surface area contributed by atoms with Crippen molar-refractivity contribution < 1.29 is 0 Å². The summed E-state index contributed by atoms with van der Waals surface area (Å²) in [4.78, 5) is 1.42. The van der Waals surface area contributed by atoms with Crippen LogP contribution in [0.1, 0.15) is 22.3 Å². The lowest BCUT2D eigenvalue weighted by Gasteiger charge is -2.40. The van der Waals surface area contributed by atoms with E-state index in [9.17, 15) is 0 Å². The third-order valence-corrected chi connectivity index (χ3v) is 14.5. The normalized spacial score (nSPS) is 14.1. The number of hydrogen-bond acceptors (Lipinski definition) is 1. The molecule has 0 fully saturated rings. The summed E-state index contributed by atoms with van der Waals surface area (Å²) < 4.78 is 0. The fraction of sp³-hybridized carbons (Fsp3) is 0.143. The third kappa shape index (κ3) is 2.90. The molecule has 0 saturated carbocycles. The molecule has 0 atom stereocenters. The molecule has 30 heavy (non-hydrogen) atoms. The average Bonchev–Trinajstić information content (AvgIpc) is 2.74. The largest absolute Gasteiger partial charge is 0.216 e. The van der Waals surface area contributed by atoms with Crippen LogP contribution >= 0.6 is 11.2 Å². The lowest BCUT2D eigenvalue weighted by molar-refractivity contribution is 1.36. The molecule has 0 nitrogen and oxygen atoms in total. The Morgan fingerprint density at radius 3 is 1.67 bits per heavy atom. The Balaban J connectivity index is 1.96. The van der Waals surface area contributed by atoms with Crippen LogP contribution in [0.2, 0.25) is 0 Å². The second kappa shape index (κ2) is 7.30. The van der Waals surface area contributed by atoms with Crippen molar-refractivity contribution in [3.05, 3.63) is 107 Å². The first-order valence-corrected chi connectivity index (χ1v) is 14.1. The lowest BCUT2D eigenvalue weighted by Crippen LogP contribution is -2.67. The number of hydrogen-bond donors (Lipinski definition) is 0. The van der Waals surface area contributed by atoms with Gasteiger partial charge in [0.15, 0.2) is 0 Å². The Kier molecular flexibility index (Phi) is 4.72. The number of aryl methyl sites for hydroxylation is 4. The Labute approximate surface area is 184 Å². The van der Waals surface area contributed by atoms with Crippen LogP contribution < -0.4 is 15.6 Å². The summed E-state index contributed by atoms with van der Waals surface area (Å²) in [6.07, 6.45) is 0. The Morgan fingerprint density at radius 2 is 1.07 bits per heavy atom. The maximum atomic E-state index is 2.47. The summed E-state index contributed by atoms with van der Waals surface area (Å²) in [6, 6.07) is 32.2. The van der Waals surface area contributed by atoms with Crippen molar-refractivity contribution in [3.8, 4) is 11.1 Å². The number of rotatable bonds is 2. The van der Waals surface area contributed by atoms with Crippen LogP contribution in [0.15, 0.2) is 89.8 Å². The molecule has 0 unspecified atom stereocenters. The molecule has 0 N–H and O–H groups in total. The van der Waals surface area contributed by atoms with Crippen LogP contribution in [0.25, 0.3) is 11.1 Å². The van der Waals surface area contributed by atoms with Crippen molar-refractivity contribution in [2.75, 3.05) is 0 Å². The summed E-state index contributed by atoms with van der Waals surface area (Å²) in [5.74, 6) is 0. The molecular weight excluding hydrogens is 396 g/mol. The van der Waals surface area contributed by atoms with E-state index in [1.807, 2.05) is 0 Å². The topological polar surface area (TPSA) is 0 Å². The van der Waals surface area contributed by atoms with Crippen molar-refractivity contribution in [3.63, 3.8) is 0 Å². The Bertz CT molecular complexity index is 1230. The van der Waals surface area contributed by atoms with Crippen LogP contribution in [0, 0.1) is 27.7 Å². The van der Waals surface area contributed by atoms with Gasteiger partial charge in [-0.05, 0) is 66.0 Å². The Hall–Kier alpha value is -2.55. The van der Waals surface area contributed by atoms with Gasteiger partial charge in [-0.3, -0.25) is 0 Å². The van der Waals surface area contributed by atoms with E-state index in [4.69, 9.17) is 0 Å². The molecule has 0 bridgehead atoms. The highest BCUT2D eigenvalue weighted by Crippen LogP contribution is 2.43. The summed E-state index contributed by atoms with van der Waals surface area (Å²) in [7, 11) is -2.33. The predicted octanol–water partition coefficient (Wildman–Crippen LogP) is 5.66. The van der Waals surface area contributed by atoms with Gasteiger partial charge in [0.25, 0.3) is 0 Å². The summed E-state index contributed by atoms with van der Waals surface area (Å²) in [5, 5.41) is 4.57. The smallest absolute Gasteiger partial charge is 0.133 e. The summed E-state index contributed by atoms with van der Waals surface area (Å²) >= 11 is 2.14. The van der Waals surface area contributed by atoms with Crippen LogP contribution in [-0.4, -0.2) is 7.22 Å². The molecule has 5 rings (SSSR count). The van der Waals surface area contributed by atoms with E-state index in [2.05, 4.69) is 124 Å². The standard InChI is InChI=1S/C28H26SSi/c1-19-13-15-23-24-16-14-20(2)18-28(24)30(29-25(23)17-19,26-11-7-5-9-21(26)3)27-12-8-6-10-22(27)4/h5-18H,1-4H3. The summed E-state index contributed by atoms with van der Waals surface area (Å²) in [5.41, 5.74) is 8.24. The number of fused-ring (bicyclic) bond motifs is 3. The van der Waals surface area contributed by atoms with E-state index < -0.39 is 7.22 Å². The molecule has 0 amide bonds. The third-order valence-electron chi connectivity index (χ3n) is 6.29. The quantitative estimate of drug-likeness (QED) is 0.376. The highest BCUT2D eigenvalue weighted by molar-refractivity contribution is 8.33. The Morgan fingerprint density at radius 1 is 0.533 bits per heavy atom.